The zero-order valence-electron chi connectivity index (χ0n) is 20.7. The van der Waals surface area contributed by atoms with Gasteiger partial charge in [0.1, 0.15) is 18.0 Å². The van der Waals surface area contributed by atoms with E-state index in [1.165, 1.54) is 0 Å². The van der Waals surface area contributed by atoms with Gasteiger partial charge in [0, 0.05) is 29.6 Å². The summed E-state index contributed by atoms with van der Waals surface area (Å²) in [6.45, 7) is 10.7. The van der Waals surface area contributed by atoms with Crippen LogP contribution in [0.5, 0.6) is 5.75 Å². The molecule has 3 aliphatic heterocycles. The van der Waals surface area contributed by atoms with Gasteiger partial charge in [0.05, 0.1) is 16.9 Å². The zero-order chi connectivity index (χ0) is 25.1. The molecular weight excluding hydrogens is 448 g/mol. The van der Waals surface area contributed by atoms with E-state index in [9.17, 15) is 14.7 Å². The molecular formula is C27H30N2O6. The van der Waals surface area contributed by atoms with E-state index < -0.39 is 23.3 Å². The van der Waals surface area contributed by atoms with Gasteiger partial charge in [-0.15, -0.1) is 0 Å². The molecule has 35 heavy (non-hydrogen) atoms. The Labute approximate surface area is 204 Å². The second-order valence-corrected chi connectivity index (χ2v) is 10.2. The van der Waals surface area contributed by atoms with Gasteiger partial charge in [-0.3, -0.25) is 0 Å². The van der Waals surface area contributed by atoms with Crippen LogP contribution in [0.1, 0.15) is 57.9 Å². The Hall–Kier alpha value is -3.39. The van der Waals surface area contributed by atoms with Crippen molar-refractivity contribution in [3.8, 4) is 5.75 Å². The van der Waals surface area contributed by atoms with E-state index in [1.54, 1.807) is 33.8 Å². The summed E-state index contributed by atoms with van der Waals surface area (Å²) in [5, 5.41) is 12.0. The fourth-order valence-corrected chi connectivity index (χ4v) is 5.10. The Balaban J connectivity index is 1.56. The molecule has 0 unspecified atom stereocenters. The molecule has 3 aliphatic rings. The predicted molar refractivity (Wildman–Crippen MR) is 130 cm³/mol. The van der Waals surface area contributed by atoms with Crippen molar-refractivity contribution >= 4 is 28.7 Å². The van der Waals surface area contributed by atoms with Gasteiger partial charge in [-0.1, -0.05) is 13.8 Å². The lowest BCUT2D eigenvalue weighted by molar-refractivity contribution is -0.163. The van der Waals surface area contributed by atoms with E-state index in [0.29, 0.717) is 24.4 Å². The van der Waals surface area contributed by atoms with E-state index in [2.05, 4.69) is 11.8 Å². The SMILES string of the molecule is CCc1c2c(nc3ccc(OC(=O)OC(C)(C)C)cc13)C1=CC3=C(COC(=O)[C@]3(O)CC)CN1C2. The average molecular weight is 479 g/mol. The highest BCUT2D eigenvalue weighted by Gasteiger charge is 2.47. The largest absolute Gasteiger partial charge is 0.514 e. The molecule has 1 aromatic heterocycles. The molecule has 0 amide bonds. The minimum Gasteiger partial charge on any atom is -0.459 e. The number of ether oxygens (including phenoxy) is 3. The fourth-order valence-electron chi connectivity index (χ4n) is 5.10. The van der Waals surface area contributed by atoms with Crippen LogP contribution in [-0.2, 0) is 27.2 Å². The van der Waals surface area contributed by atoms with Crippen molar-refractivity contribution in [2.75, 3.05) is 13.2 Å². The molecule has 0 spiro atoms. The first-order valence-corrected chi connectivity index (χ1v) is 12.0. The maximum absolute atomic E-state index is 12.4. The van der Waals surface area contributed by atoms with Crippen LogP contribution in [0.3, 0.4) is 0 Å². The van der Waals surface area contributed by atoms with Crippen LogP contribution in [0, 0.1) is 0 Å². The van der Waals surface area contributed by atoms with E-state index in [1.807, 2.05) is 18.2 Å². The molecule has 0 saturated carbocycles. The number of hydrogen-bond acceptors (Lipinski definition) is 8. The van der Waals surface area contributed by atoms with Gasteiger partial charge >= 0.3 is 12.1 Å². The van der Waals surface area contributed by atoms with Crippen LogP contribution >= 0.6 is 0 Å². The minimum atomic E-state index is -1.63. The number of fused-ring (bicyclic) bond motifs is 4. The average Bonchev–Trinajstić information content (AvgIpc) is 3.14. The molecule has 184 valence electrons. The van der Waals surface area contributed by atoms with Crippen molar-refractivity contribution in [1.82, 2.24) is 9.88 Å². The summed E-state index contributed by atoms with van der Waals surface area (Å²) in [6, 6.07) is 5.38. The van der Waals surface area contributed by atoms with Crippen molar-refractivity contribution in [3.05, 3.63) is 52.2 Å². The first kappa shape index (κ1) is 23.4. The number of aliphatic hydroxyl groups is 1. The number of nitrogens with zero attached hydrogens (tertiary/aromatic N) is 2. The summed E-state index contributed by atoms with van der Waals surface area (Å²) in [4.78, 5) is 31.7. The van der Waals surface area contributed by atoms with Gasteiger partial charge in [0.25, 0.3) is 0 Å². The Morgan fingerprint density at radius 1 is 1.26 bits per heavy atom. The molecule has 0 saturated heterocycles. The smallest absolute Gasteiger partial charge is 0.459 e. The third kappa shape index (κ3) is 3.86. The number of pyridine rings is 1. The fraction of sp³-hybridized carbons (Fsp3) is 0.444. The molecule has 5 rings (SSSR count). The second-order valence-electron chi connectivity index (χ2n) is 10.2. The normalized spacial score (nSPS) is 21.3. The molecule has 8 heteroatoms. The second kappa shape index (κ2) is 8.09. The van der Waals surface area contributed by atoms with Crippen molar-refractivity contribution in [2.45, 2.75) is 65.2 Å². The van der Waals surface area contributed by atoms with Gasteiger partial charge in [-0.2, -0.15) is 0 Å². The lowest BCUT2D eigenvalue weighted by Crippen LogP contribution is -2.47. The Bertz CT molecular complexity index is 1320. The van der Waals surface area contributed by atoms with Crippen molar-refractivity contribution in [1.29, 1.82) is 0 Å². The predicted octanol–water partition coefficient (Wildman–Crippen LogP) is 4.28. The molecule has 1 atom stereocenters. The molecule has 4 heterocycles. The van der Waals surface area contributed by atoms with Crippen LogP contribution in [0.15, 0.2) is 35.4 Å². The first-order valence-electron chi connectivity index (χ1n) is 12.0. The first-order chi connectivity index (χ1) is 16.5. The van der Waals surface area contributed by atoms with E-state index >= 15 is 0 Å². The number of carbonyl (C=O) groups excluding carboxylic acids is 2. The number of cyclic esters (lactones) is 1. The van der Waals surface area contributed by atoms with Gasteiger partial charge in [0.15, 0.2) is 5.60 Å². The molecule has 2 aromatic rings. The van der Waals surface area contributed by atoms with Crippen molar-refractivity contribution < 1.29 is 28.9 Å². The van der Waals surface area contributed by atoms with Crippen molar-refractivity contribution in [2.24, 2.45) is 0 Å². The van der Waals surface area contributed by atoms with E-state index in [0.717, 1.165) is 45.4 Å². The quantitative estimate of drug-likeness (QED) is 0.516. The maximum Gasteiger partial charge on any atom is 0.514 e. The number of carbonyl (C=O) groups is 2. The standard InChI is InChI=1S/C27H30N2O6/c1-6-17-18-10-16(34-25(31)35-26(3,4)5)8-9-21(18)28-23-19(17)13-29-12-15-14-33-24(30)27(32,7-2)20(15)11-22(23)29/h8-11,32H,6-7,12-14H2,1-5H3/t27-/m0/s1. The van der Waals surface area contributed by atoms with Gasteiger partial charge in [0.2, 0.25) is 0 Å². The Kier molecular flexibility index (Phi) is 5.40. The van der Waals surface area contributed by atoms with Gasteiger partial charge < -0.3 is 24.2 Å². The highest BCUT2D eigenvalue weighted by molar-refractivity contribution is 5.92. The Morgan fingerprint density at radius 3 is 2.71 bits per heavy atom. The van der Waals surface area contributed by atoms with Crippen LogP contribution in [-0.4, -0.2) is 51.5 Å². The minimum absolute atomic E-state index is 0.189. The summed E-state index contributed by atoms with van der Waals surface area (Å²) in [5.74, 6) is -0.195. The van der Waals surface area contributed by atoms with Crippen molar-refractivity contribution in [3.63, 3.8) is 0 Å². The summed E-state index contributed by atoms with van der Waals surface area (Å²) >= 11 is 0. The lowest BCUT2D eigenvalue weighted by Gasteiger charge is -2.37. The molecule has 1 aromatic carbocycles. The summed E-state index contributed by atoms with van der Waals surface area (Å²) < 4.78 is 16.0. The molecule has 0 aliphatic carbocycles. The van der Waals surface area contributed by atoms with E-state index in [4.69, 9.17) is 19.2 Å². The molecule has 8 nitrogen and oxygen atoms in total. The number of hydrogen-bond donors (Lipinski definition) is 1. The molecule has 0 radical (unpaired) electrons. The summed E-state index contributed by atoms with van der Waals surface area (Å²) in [7, 11) is 0. The molecule has 0 bridgehead atoms. The van der Waals surface area contributed by atoms with Crippen LogP contribution in [0.2, 0.25) is 0 Å². The topological polar surface area (TPSA) is 98.2 Å². The van der Waals surface area contributed by atoms with Gasteiger partial charge in [-0.25, -0.2) is 14.6 Å². The van der Waals surface area contributed by atoms with E-state index in [-0.39, 0.29) is 13.0 Å². The summed E-state index contributed by atoms with van der Waals surface area (Å²) in [6.07, 6.45) is 2.18. The summed E-state index contributed by atoms with van der Waals surface area (Å²) in [5.41, 5.74) is 4.07. The Morgan fingerprint density at radius 2 is 2.03 bits per heavy atom. The zero-order valence-corrected chi connectivity index (χ0v) is 20.7. The monoisotopic (exact) mass is 478 g/mol. The number of aryl methyl sites for hydroxylation is 1. The van der Waals surface area contributed by atoms with Crippen LogP contribution in [0.4, 0.5) is 4.79 Å². The molecule has 0 fully saturated rings. The van der Waals surface area contributed by atoms with Gasteiger partial charge in [-0.05, 0) is 69.0 Å². The number of aromatic nitrogens is 1. The molecule has 1 N–H and O–H groups in total. The highest BCUT2D eigenvalue weighted by Crippen LogP contribution is 2.44. The number of esters is 1. The third-order valence-electron chi connectivity index (χ3n) is 6.77. The lowest BCUT2D eigenvalue weighted by atomic mass is 9.83. The number of rotatable bonds is 3. The van der Waals surface area contributed by atoms with Crippen LogP contribution in [0.25, 0.3) is 16.6 Å². The van der Waals surface area contributed by atoms with Crippen LogP contribution < -0.4 is 4.74 Å². The third-order valence-corrected chi connectivity index (χ3v) is 6.77. The highest BCUT2D eigenvalue weighted by atomic mass is 16.7. The number of benzene rings is 1. The maximum atomic E-state index is 12.4.